The van der Waals surface area contributed by atoms with Gasteiger partial charge in [-0.1, -0.05) is 17.3 Å². The summed E-state index contributed by atoms with van der Waals surface area (Å²) in [7, 11) is -3.70. The van der Waals surface area contributed by atoms with Crippen LogP contribution in [-0.4, -0.2) is 58.6 Å². The van der Waals surface area contributed by atoms with Crippen LogP contribution in [0, 0.1) is 6.92 Å². The summed E-state index contributed by atoms with van der Waals surface area (Å²) >= 11 is 0. The van der Waals surface area contributed by atoms with E-state index in [4.69, 9.17) is 9.26 Å². The van der Waals surface area contributed by atoms with Crippen molar-refractivity contribution in [3.05, 3.63) is 36.1 Å². The van der Waals surface area contributed by atoms with E-state index >= 15 is 0 Å². The highest BCUT2D eigenvalue weighted by Gasteiger charge is 2.24. The van der Waals surface area contributed by atoms with E-state index < -0.39 is 22.5 Å². The number of anilines is 3. The Hall–Kier alpha value is -2.59. The van der Waals surface area contributed by atoms with Crippen LogP contribution in [-0.2, 0) is 19.6 Å². The number of nitrogens with one attached hydrogen (secondary N) is 1. The molecule has 2 heterocycles. The van der Waals surface area contributed by atoms with E-state index in [2.05, 4.69) is 15.4 Å². The van der Waals surface area contributed by atoms with E-state index in [9.17, 15) is 13.2 Å². The van der Waals surface area contributed by atoms with Gasteiger partial charge in [-0.3, -0.25) is 4.79 Å². The first-order valence-corrected chi connectivity index (χ1v) is 10.3. The fraction of sp³-hybridized carbons (Fsp3) is 0.412. The lowest BCUT2D eigenvalue weighted by atomic mass is 10.2. The maximum absolute atomic E-state index is 12.6. The van der Waals surface area contributed by atoms with Crippen molar-refractivity contribution in [2.75, 3.05) is 53.6 Å². The molecule has 27 heavy (non-hydrogen) atoms. The molecular formula is C17H22N4O5S. The average Bonchev–Trinajstić information content (AvgIpc) is 3.06. The Balaban J connectivity index is 1.77. The number of carbonyl (C=O) groups excluding carboxylic acids is 1. The number of benzene rings is 1. The molecule has 1 N–H and O–H groups in total. The van der Waals surface area contributed by atoms with Crippen LogP contribution in [0.25, 0.3) is 0 Å². The first-order chi connectivity index (χ1) is 12.8. The minimum absolute atomic E-state index is 0.0756. The Kier molecular flexibility index (Phi) is 5.66. The number of sulfonamides is 1. The third-order valence-corrected chi connectivity index (χ3v) is 5.21. The van der Waals surface area contributed by atoms with Crippen LogP contribution in [0.1, 0.15) is 5.76 Å². The van der Waals surface area contributed by atoms with Crippen molar-refractivity contribution in [2.45, 2.75) is 6.92 Å². The van der Waals surface area contributed by atoms with Gasteiger partial charge in [-0.05, 0) is 19.1 Å². The van der Waals surface area contributed by atoms with E-state index in [1.165, 1.54) is 6.07 Å². The van der Waals surface area contributed by atoms with Gasteiger partial charge in [0.25, 0.3) is 0 Å². The van der Waals surface area contributed by atoms with Gasteiger partial charge in [-0.25, -0.2) is 12.7 Å². The molecule has 3 rings (SSSR count). The summed E-state index contributed by atoms with van der Waals surface area (Å²) in [4.78, 5) is 14.7. The number of aryl methyl sites for hydroxylation is 1. The Labute approximate surface area is 157 Å². The number of aromatic nitrogens is 1. The average molecular weight is 394 g/mol. The SMILES string of the molecule is Cc1cc(N(CC(=O)Nc2ccccc2N2CCOCC2)S(C)(=O)=O)no1. The van der Waals surface area contributed by atoms with E-state index in [1.54, 1.807) is 13.0 Å². The number of rotatable bonds is 6. The zero-order chi connectivity index (χ0) is 19.4. The van der Waals surface area contributed by atoms with E-state index in [-0.39, 0.29) is 5.82 Å². The molecule has 1 fully saturated rings. The van der Waals surface area contributed by atoms with Crippen LogP contribution >= 0.6 is 0 Å². The van der Waals surface area contributed by atoms with Crippen LogP contribution in [0.4, 0.5) is 17.2 Å². The molecule has 1 saturated heterocycles. The van der Waals surface area contributed by atoms with Gasteiger partial charge >= 0.3 is 0 Å². The molecule has 1 aliphatic rings. The first kappa shape index (κ1) is 19.2. The lowest BCUT2D eigenvalue weighted by Crippen LogP contribution is -2.39. The highest BCUT2D eigenvalue weighted by molar-refractivity contribution is 7.92. The fourth-order valence-electron chi connectivity index (χ4n) is 2.82. The second-order valence-electron chi connectivity index (χ2n) is 6.23. The lowest BCUT2D eigenvalue weighted by molar-refractivity contribution is -0.114. The summed E-state index contributed by atoms with van der Waals surface area (Å²) in [6, 6.07) is 8.87. The summed E-state index contributed by atoms with van der Waals surface area (Å²) in [5.41, 5.74) is 1.49. The minimum atomic E-state index is -3.70. The second kappa shape index (κ2) is 7.97. The number of morpholine rings is 1. The second-order valence-corrected chi connectivity index (χ2v) is 8.14. The molecule has 0 spiro atoms. The zero-order valence-electron chi connectivity index (χ0n) is 15.2. The van der Waals surface area contributed by atoms with Crippen molar-refractivity contribution in [2.24, 2.45) is 0 Å². The zero-order valence-corrected chi connectivity index (χ0v) is 16.0. The Bertz CT molecular complexity index is 906. The number of carbonyl (C=O) groups is 1. The van der Waals surface area contributed by atoms with Crippen molar-refractivity contribution in [1.29, 1.82) is 0 Å². The molecular weight excluding hydrogens is 372 g/mol. The molecule has 1 aromatic carbocycles. The van der Waals surface area contributed by atoms with E-state index in [0.717, 1.165) is 29.3 Å². The third kappa shape index (κ3) is 4.77. The van der Waals surface area contributed by atoms with Crippen LogP contribution < -0.4 is 14.5 Å². The highest BCUT2D eigenvalue weighted by Crippen LogP contribution is 2.26. The van der Waals surface area contributed by atoms with Gasteiger partial charge < -0.3 is 19.5 Å². The van der Waals surface area contributed by atoms with Crippen molar-refractivity contribution in [3.8, 4) is 0 Å². The fourth-order valence-corrected chi connectivity index (χ4v) is 3.60. The monoisotopic (exact) mass is 394 g/mol. The predicted octanol–water partition coefficient (Wildman–Crippen LogP) is 1.22. The molecule has 0 saturated carbocycles. The number of hydrogen-bond donors (Lipinski definition) is 1. The van der Waals surface area contributed by atoms with E-state index in [1.807, 2.05) is 18.2 Å². The van der Waals surface area contributed by atoms with Crippen molar-refractivity contribution >= 4 is 33.1 Å². The molecule has 1 amide bonds. The largest absolute Gasteiger partial charge is 0.378 e. The quantitative estimate of drug-likeness (QED) is 0.785. The molecule has 0 atom stereocenters. The smallest absolute Gasteiger partial charge is 0.245 e. The van der Waals surface area contributed by atoms with Gasteiger partial charge in [-0.2, -0.15) is 0 Å². The van der Waals surface area contributed by atoms with Crippen LogP contribution in [0.15, 0.2) is 34.9 Å². The van der Waals surface area contributed by atoms with Gasteiger partial charge in [0.15, 0.2) is 5.82 Å². The summed E-state index contributed by atoms with van der Waals surface area (Å²) in [6.07, 6.45) is 1.02. The standard InChI is InChI=1S/C17H22N4O5S/c1-13-11-16(19-26-13)21(27(2,23)24)12-17(22)18-14-5-3-4-6-15(14)20-7-9-25-10-8-20/h3-6,11H,7-10,12H2,1-2H3,(H,18,22). The van der Waals surface area contributed by atoms with Crippen molar-refractivity contribution < 1.29 is 22.5 Å². The molecule has 2 aromatic rings. The van der Waals surface area contributed by atoms with Gasteiger partial charge in [0.1, 0.15) is 12.3 Å². The predicted molar refractivity (Wildman–Crippen MR) is 102 cm³/mol. The van der Waals surface area contributed by atoms with Gasteiger partial charge in [-0.15, -0.1) is 0 Å². The molecule has 1 aliphatic heterocycles. The number of para-hydroxylation sites is 2. The van der Waals surface area contributed by atoms with Crippen LogP contribution in [0.2, 0.25) is 0 Å². The summed E-state index contributed by atoms with van der Waals surface area (Å²) in [5.74, 6) is 0.0603. The summed E-state index contributed by atoms with van der Waals surface area (Å²) in [5, 5.41) is 6.50. The number of hydrogen-bond acceptors (Lipinski definition) is 7. The Morgan fingerprint density at radius 3 is 2.63 bits per heavy atom. The molecule has 0 aliphatic carbocycles. The maximum atomic E-state index is 12.6. The van der Waals surface area contributed by atoms with Gasteiger partial charge in [0.05, 0.1) is 30.8 Å². The Morgan fingerprint density at radius 1 is 1.30 bits per heavy atom. The minimum Gasteiger partial charge on any atom is -0.378 e. The molecule has 0 unspecified atom stereocenters. The molecule has 10 heteroatoms. The topological polar surface area (TPSA) is 105 Å². The maximum Gasteiger partial charge on any atom is 0.245 e. The molecule has 1 aromatic heterocycles. The number of nitrogens with zero attached hydrogens (tertiary/aromatic N) is 3. The first-order valence-electron chi connectivity index (χ1n) is 8.47. The van der Waals surface area contributed by atoms with Gasteiger partial charge in [0, 0.05) is 19.2 Å². The molecule has 0 bridgehead atoms. The lowest BCUT2D eigenvalue weighted by Gasteiger charge is -2.30. The van der Waals surface area contributed by atoms with E-state index in [0.29, 0.717) is 24.7 Å². The number of ether oxygens (including phenoxy) is 1. The van der Waals surface area contributed by atoms with Crippen LogP contribution in [0.5, 0.6) is 0 Å². The highest BCUT2D eigenvalue weighted by atomic mass is 32.2. The van der Waals surface area contributed by atoms with Crippen LogP contribution in [0.3, 0.4) is 0 Å². The third-order valence-electron chi connectivity index (χ3n) is 4.09. The molecule has 146 valence electrons. The molecule has 9 nitrogen and oxygen atoms in total. The summed E-state index contributed by atoms with van der Waals surface area (Å²) < 4.78 is 35.4. The van der Waals surface area contributed by atoms with Gasteiger partial charge in [0.2, 0.25) is 15.9 Å². The van der Waals surface area contributed by atoms with Crippen molar-refractivity contribution in [3.63, 3.8) is 0 Å². The normalized spacial score (nSPS) is 14.8. The Morgan fingerprint density at radius 2 is 2.00 bits per heavy atom. The summed E-state index contributed by atoms with van der Waals surface area (Å²) in [6.45, 7) is 3.93. The molecule has 0 radical (unpaired) electrons. The number of amides is 1. The van der Waals surface area contributed by atoms with Crippen molar-refractivity contribution in [1.82, 2.24) is 5.16 Å².